The van der Waals surface area contributed by atoms with E-state index in [1.54, 1.807) is 0 Å². The largest absolute Gasteiger partial charge is 0.300 e. The van der Waals surface area contributed by atoms with Crippen LogP contribution in [0.3, 0.4) is 0 Å². The number of hydrazine groups is 2. The van der Waals surface area contributed by atoms with Crippen molar-refractivity contribution in [2.45, 2.75) is 116 Å². The number of amidine groups is 1. The minimum atomic E-state index is -3.61. The number of nitrogens with one attached hydrogen (secondary N) is 4. The summed E-state index contributed by atoms with van der Waals surface area (Å²) in [7, 11) is -3.61. The third-order valence-corrected chi connectivity index (χ3v) is 6.85. The lowest BCUT2D eigenvalue weighted by atomic mass is 10.0. The molecule has 0 spiro atoms. The maximum absolute atomic E-state index is 11.8. The van der Waals surface area contributed by atoms with Crippen molar-refractivity contribution in [1.29, 1.82) is 0 Å². The van der Waals surface area contributed by atoms with E-state index in [4.69, 9.17) is 0 Å². The molecular formula is C22H43N5O4S. The van der Waals surface area contributed by atoms with E-state index < -0.39 is 15.9 Å². The number of carbonyl (C=O) groups is 2. The van der Waals surface area contributed by atoms with E-state index in [1.807, 2.05) is 0 Å². The molecule has 0 aromatic carbocycles. The number of sulfonamides is 1. The summed E-state index contributed by atoms with van der Waals surface area (Å²) < 4.78 is 25.6. The summed E-state index contributed by atoms with van der Waals surface area (Å²) in [5.41, 5.74) is 8.38. The predicted octanol–water partition coefficient (Wildman–Crippen LogP) is 3.58. The van der Waals surface area contributed by atoms with E-state index in [-0.39, 0.29) is 30.8 Å². The third kappa shape index (κ3) is 16.9. The Morgan fingerprint density at radius 3 is 1.81 bits per heavy atom. The summed E-state index contributed by atoms with van der Waals surface area (Å²) in [6.07, 6.45) is 17.1. The number of hydrogen-bond acceptors (Lipinski definition) is 8. The molecule has 0 saturated heterocycles. The maximum atomic E-state index is 11.8. The van der Waals surface area contributed by atoms with Gasteiger partial charge in [-0.25, -0.2) is 14.0 Å². The summed E-state index contributed by atoms with van der Waals surface area (Å²) >= 11 is 0. The van der Waals surface area contributed by atoms with Gasteiger partial charge in [-0.3, -0.25) is 14.9 Å². The van der Waals surface area contributed by atoms with Crippen molar-refractivity contribution >= 4 is 27.5 Å². The van der Waals surface area contributed by atoms with Gasteiger partial charge in [-0.2, -0.15) is 0 Å². The molecule has 1 heterocycles. The second kappa shape index (κ2) is 17.8. The van der Waals surface area contributed by atoms with E-state index in [9.17, 15) is 18.0 Å². The fourth-order valence-corrected chi connectivity index (χ4v) is 4.73. The minimum absolute atomic E-state index is 0.0438. The Balaban J connectivity index is 1.81. The number of hydrazone groups is 1. The first kappa shape index (κ1) is 28.4. The number of nitrogens with zero attached hydrogens (tertiary/aromatic N) is 1. The van der Waals surface area contributed by atoms with Crippen LogP contribution in [0.4, 0.5) is 0 Å². The Morgan fingerprint density at radius 1 is 0.781 bits per heavy atom. The van der Waals surface area contributed by atoms with Crippen LogP contribution < -0.4 is 21.2 Å². The van der Waals surface area contributed by atoms with Crippen LogP contribution in [0, 0.1) is 0 Å². The summed E-state index contributed by atoms with van der Waals surface area (Å²) in [6, 6.07) is 0. The normalized spacial score (nSPS) is 13.3. The number of Topliss-reactive ketones (excluding diaryl/α,β-unsaturated/α-hetero) is 1. The van der Waals surface area contributed by atoms with Gasteiger partial charge in [-0.15, -0.1) is 10.6 Å². The molecule has 0 aliphatic carbocycles. The van der Waals surface area contributed by atoms with Crippen LogP contribution in [0.25, 0.3) is 0 Å². The average Bonchev–Trinajstić information content (AvgIpc) is 3.23. The smallest absolute Gasteiger partial charge is 0.234 e. The monoisotopic (exact) mass is 473 g/mol. The minimum Gasteiger partial charge on any atom is -0.300 e. The van der Waals surface area contributed by atoms with Gasteiger partial charge in [0.25, 0.3) is 0 Å². The van der Waals surface area contributed by atoms with Gasteiger partial charge >= 0.3 is 0 Å². The molecule has 1 rings (SSSR count). The molecule has 10 heteroatoms. The zero-order chi connectivity index (χ0) is 23.5. The molecule has 1 aliphatic heterocycles. The first-order valence-electron chi connectivity index (χ1n) is 12.2. The zero-order valence-corrected chi connectivity index (χ0v) is 20.5. The summed E-state index contributed by atoms with van der Waals surface area (Å²) in [5.74, 6) is 0.323. The van der Waals surface area contributed by atoms with Crippen LogP contribution in [0.5, 0.6) is 0 Å². The SMILES string of the molecule is CC(=O)CCCS(=O)(=O)NC(=O)CCCCCCCCCCCCCCCC1=NNNN1. The highest BCUT2D eigenvalue weighted by Crippen LogP contribution is 2.13. The molecule has 0 saturated carbocycles. The van der Waals surface area contributed by atoms with Gasteiger partial charge in [0.1, 0.15) is 11.6 Å². The number of hydrogen-bond donors (Lipinski definition) is 4. The van der Waals surface area contributed by atoms with E-state index >= 15 is 0 Å². The van der Waals surface area contributed by atoms with Gasteiger partial charge in [0.15, 0.2) is 0 Å². The van der Waals surface area contributed by atoms with Gasteiger partial charge in [-0.1, -0.05) is 70.6 Å². The molecule has 1 aliphatic rings. The van der Waals surface area contributed by atoms with Crippen molar-refractivity contribution in [3.05, 3.63) is 0 Å². The summed E-state index contributed by atoms with van der Waals surface area (Å²) in [4.78, 5) is 22.6. The predicted molar refractivity (Wildman–Crippen MR) is 128 cm³/mol. The molecule has 0 fully saturated rings. The van der Waals surface area contributed by atoms with Crippen LogP contribution in [-0.4, -0.2) is 31.7 Å². The van der Waals surface area contributed by atoms with Crippen LogP contribution >= 0.6 is 0 Å². The first-order chi connectivity index (χ1) is 15.4. The number of ketones is 1. The Hall–Kier alpha value is -1.68. The number of unbranched alkanes of at least 4 members (excludes halogenated alkanes) is 12. The Bertz CT molecular complexity index is 667. The lowest BCUT2D eigenvalue weighted by Gasteiger charge is -2.06. The average molecular weight is 474 g/mol. The molecule has 0 unspecified atom stereocenters. The van der Waals surface area contributed by atoms with Crippen LogP contribution in [0.15, 0.2) is 5.10 Å². The molecule has 0 radical (unpaired) electrons. The van der Waals surface area contributed by atoms with Crippen LogP contribution in [0.1, 0.15) is 116 Å². The van der Waals surface area contributed by atoms with Crippen LogP contribution in [-0.2, 0) is 19.6 Å². The molecule has 0 bridgehead atoms. The second-order valence-corrected chi connectivity index (χ2v) is 10.5. The Kier molecular flexibility index (Phi) is 15.8. The highest BCUT2D eigenvalue weighted by Gasteiger charge is 2.14. The van der Waals surface area contributed by atoms with Gasteiger partial charge in [0.05, 0.1) is 5.75 Å². The highest BCUT2D eigenvalue weighted by molar-refractivity contribution is 7.90. The highest BCUT2D eigenvalue weighted by atomic mass is 32.2. The first-order valence-corrected chi connectivity index (χ1v) is 13.9. The molecule has 1 amide bonds. The summed E-state index contributed by atoms with van der Waals surface area (Å²) in [5, 5.41) is 4.06. The molecule has 186 valence electrons. The van der Waals surface area contributed by atoms with E-state index in [0.29, 0.717) is 6.42 Å². The second-order valence-electron chi connectivity index (χ2n) is 8.67. The molecule has 0 aromatic heterocycles. The fraction of sp³-hybridized carbons (Fsp3) is 0.864. The van der Waals surface area contributed by atoms with Crippen molar-refractivity contribution in [2.75, 3.05) is 5.75 Å². The maximum Gasteiger partial charge on any atom is 0.234 e. The number of rotatable bonds is 21. The van der Waals surface area contributed by atoms with Gasteiger partial charge in [0.2, 0.25) is 15.9 Å². The molecule has 32 heavy (non-hydrogen) atoms. The van der Waals surface area contributed by atoms with Crippen molar-refractivity contribution in [2.24, 2.45) is 5.10 Å². The van der Waals surface area contributed by atoms with Crippen LogP contribution in [0.2, 0.25) is 0 Å². The summed E-state index contributed by atoms with van der Waals surface area (Å²) in [6.45, 7) is 1.43. The van der Waals surface area contributed by atoms with E-state index in [0.717, 1.165) is 25.1 Å². The van der Waals surface area contributed by atoms with Crippen molar-refractivity contribution < 1.29 is 18.0 Å². The third-order valence-electron chi connectivity index (χ3n) is 5.48. The molecular weight excluding hydrogens is 430 g/mol. The van der Waals surface area contributed by atoms with Gasteiger partial charge < -0.3 is 4.79 Å². The Morgan fingerprint density at radius 2 is 1.31 bits per heavy atom. The topological polar surface area (TPSA) is 129 Å². The zero-order valence-electron chi connectivity index (χ0n) is 19.7. The fourth-order valence-electron chi connectivity index (χ4n) is 3.65. The standard InChI is InChI=1S/C22H43N5O4S/c1-20(28)16-15-19-32(30,31)25-22(29)18-14-12-10-8-6-4-2-3-5-7-9-11-13-17-21-23-26-27-24-21/h26-27H,2-19H2,1H3,(H,23,24)(H,25,29). The molecule has 0 atom stereocenters. The number of amides is 1. The van der Waals surface area contributed by atoms with E-state index in [1.165, 1.54) is 71.1 Å². The molecule has 4 N–H and O–H groups in total. The van der Waals surface area contributed by atoms with Crippen molar-refractivity contribution in [3.63, 3.8) is 0 Å². The quantitative estimate of drug-likeness (QED) is 0.188. The molecule has 9 nitrogen and oxygen atoms in total. The van der Waals surface area contributed by atoms with E-state index in [2.05, 4.69) is 26.3 Å². The Labute approximate surface area is 193 Å². The van der Waals surface area contributed by atoms with Gasteiger partial charge in [0, 0.05) is 19.3 Å². The van der Waals surface area contributed by atoms with Gasteiger partial charge in [-0.05, 0) is 26.2 Å². The number of carbonyl (C=O) groups excluding carboxylic acids is 2. The van der Waals surface area contributed by atoms with Crippen molar-refractivity contribution in [3.8, 4) is 0 Å². The lowest BCUT2D eigenvalue weighted by molar-refractivity contribution is -0.119. The lowest BCUT2D eigenvalue weighted by Crippen LogP contribution is -2.34. The molecule has 0 aromatic rings. The van der Waals surface area contributed by atoms with Crippen molar-refractivity contribution in [1.82, 2.24) is 21.2 Å².